The lowest BCUT2D eigenvalue weighted by atomic mass is 10.1. The van der Waals surface area contributed by atoms with E-state index in [2.05, 4.69) is 15.0 Å². The zero-order chi connectivity index (χ0) is 22.0. The Labute approximate surface area is 182 Å². The third kappa shape index (κ3) is 4.30. The van der Waals surface area contributed by atoms with Crippen LogP contribution in [0.5, 0.6) is 5.75 Å². The summed E-state index contributed by atoms with van der Waals surface area (Å²) in [6.45, 7) is 4.38. The van der Waals surface area contributed by atoms with Crippen molar-refractivity contribution in [3.05, 3.63) is 65.9 Å². The van der Waals surface area contributed by atoms with E-state index in [1.165, 1.54) is 10.6 Å². The minimum atomic E-state index is -3.69. The molecule has 0 N–H and O–H groups in total. The summed E-state index contributed by atoms with van der Waals surface area (Å²) in [7, 11) is -2.12. The molecule has 3 aromatic rings. The van der Waals surface area contributed by atoms with E-state index in [-0.39, 0.29) is 18.0 Å². The molecule has 0 bridgehead atoms. The van der Waals surface area contributed by atoms with E-state index in [9.17, 15) is 8.42 Å². The van der Waals surface area contributed by atoms with Crippen molar-refractivity contribution in [1.29, 1.82) is 0 Å². The number of aryl methyl sites for hydroxylation is 2. The first-order valence-electron chi connectivity index (χ1n) is 9.89. The summed E-state index contributed by atoms with van der Waals surface area (Å²) >= 11 is 0. The average molecular weight is 441 g/mol. The third-order valence-electron chi connectivity index (χ3n) is 5.30. The molecule has 0 amide bonds. The average Bonchev–Trinajstić information content (AvgIpc) is 2.81. The summed E-state index contributed by atoms with van der Waals surface area (Å²) in [5, 5.41) is 0. The summed E-state index contributed by atoms with van der Waals surface area (Å²) in [6, 6.07) is 9.01. The van der Waals surface area contributed by atoms with Crippen LogP contribution in [-0.2, 0) is 14.8 Å². The Kier molecular flexibility index (Phi) is 5.99. The van der Waals surface area contributed by atoms with Crippen LogP contribution in [0, 0.1) is 13.8 Å². The van der Waals surface area contributed by atoms with E-state index in [4.69, 9.17) is 9.47 Å². The second-order valence-electron chi connectivity index (χ2n) is 7.38. The summed E-state index contributed by atoms with van der Waals surface area (Å²) in [5.41, 5.74) is 3.59. The number of methoxy groups -OCH3 is 1. The van der Waals surface area contributed by atoms with Crippen LogP contribution < -0.4 is 4.74 Å². The Balaban J connectivity index is 1.61. The second kappa shape index (κ2) is 8.70. The number of ether oxygens (including phenoxy) is 2. The van der Waals surface area contributed by atoms with Crippen molar-refractivity contribution in [2.45, 2.75) is 24.8 Å². The Morgan fingerprint density at radius 2 is 1.90 bits per heavy atom. The number of rotatable bonds is 5. The Hall–Kier alpha value is -2.88. The summed E-state index contributed by atoms with van der Waals surface area (Å²) < 4.78 is 39.5. The van der Waals surface area contributed by atoms with Crippen molar-refractivity contribution in [1.82, 2.24) is 19.3 Å². The molecule has 3 heterocycles. The van der Waals surface area contributed by atoms with Crippen molar-refractivity contribution < 1.29 is 17.9 Å². The van der Waals surface area contributed by atoms with Crippen LogP contribution >= 0.6 is 0 Å². The lowest BCUT2D eigenvalue weighted by Crippen LogP contribution is -2.42. The molecule has 1 saturated heterocycles. The third-order valence-corrected chi connectivity index (χ3v) is 7.30. The second-order valence-corrected chi connectivity index (χ2v) is 9.29. The number of morpholine rings is 1. The Morgan fingerprint density at radius 3 is 2.65 bits per heavy atom. The van der Waals surface area contributed by atoms with Gasteiger partial charge in [-0.1, -0.05) is 6.07 Å². The smallest absolute Gasteiger partial charge is 0.243 e. The molecular weight excluding hydrogens is 416 g/mol. The molecule has 4 rings (SSSR count). The van der Waals surface area contributed by atoms with Gasteiger partial charge in [0.25, 0.3) is 0 Å². The number of hydrogen-bond acceptors (Lipinski definition) is 7. The fourth-order valence-electron chi connectivity index (χ4n) is 3.65. The van der Waals surface area contributed by atoms with Crippen molar-refractivity contribution >= 4 is 10.0 Å². The maximum atomic E-state index is 13.4. The molecule has 1 aliphatic rings. The van der Waals surface area contributed by atoms with E-state index in [0.717, 1.165) is 11.1 Å². The van der Waals surface area contributed by atoms with Gasteiger partial charge in [-0.3, -0.25) is 0 Å². The van der Waals surface area contributed by atoms with Gasteiger partial charge in [-0.05, 0) is 49.2 Å². The lowest BCUT2D eigenvalue weighted by molar-refractivity contribution is -0.00488. The van der Waals surface area contributed by atoms with Crippen molar-refractivity contribution in [3.8, 4) is 17.0 Å². The number of sulfonamides is 1. The van der Waals surface area contributed by atoms with Gasteiger partial charge in [-0.25, -0.2) is 23.4 Å². The fourth-order valence-corrected chi connectivity index (χ4v) is 5.36. The van der Waals surface area contributed by atoms with Gasteiger partial charge >= 0.3 is 0 Å². The van der Waals surface area contributed by atoms with Crippen LogP contribution in [0.25, 0.3) is 11.3 Å². The number of nitrogens with zero attached hydrogens (tertiary/aromatic N) is 4. The quantitative estimate of drug-likeness (QED) is 0.602. The van der Waals surface area contributed by atoms with Gasteiger partial charge in [-0.15, -0.1) is 0 Å². The molecule has 1 fully saturated rings. The maximum Gasteiger partial charge on any atom is 0.243 e. The highest BCUT2D eigenvalue weighted by Gasteiger charge is 2.33. The van der Waals surface area contributed by atoms with Gasteiger partial charge in [0.1, 0.15) is 18.2 Å². The molecule has 2 aromatic heterocycles. The standard InChI is InChI=1S/C22H24N4O4S/c1-15-10-22(16(2)9-20(15)29-3)31(27,28)26-7-8-30-21(13-26)19-6-4-5-18(25-19)17-11-23-14-24-12-17/h4-6,9-12,14,21H,7-8,13H2,1-3H3/t21-/m1/s1. The molecule has 8 nitrogen and oxygen atoms in total. The molecule has 0 saturated carbocycles. The zero-order valence-electron chi connectivity index (χ0n) is 17.6. The van der Waals surface area contributed by atoms with Gasteiger partial charge in [0.05, 0.1) is 30.0 Å². The molecule has 0 spiro atoms. The van der Waals surface area contributed by atoms with E-state index < -0.39 is 16.1 Å². The molecule has 0 aliphatic carbocycles. The molecule has 31 heavy (non-hydrogen) atoms. The van der Waals surface area contributed by atoms with Crippen LogP contribution in [-0.4, -0.2) is 54.5 Å². The molecule has 1 atom stereocenters. The van der Waals surface area contributed by atoms with Gasteiger partial charge in [0.2, 0.25) is 10.0 Å². The maximum absolute atomic E-state index is 13.4. The van der Waals surface area contributed by atoms with Gasteiger partial charge in [0, 0.05) is 31.0 Å². The molecule has 1 aliphatic heterocycles. The first-order chi connectivity index (χ1) is 14.9. The molecule has 0 radical (unpaired) electrons. The lowest BCUT2D eigenvalue weighted by Gasteiger charge is -2.32. The highest BCUT2D eigenvalue weighted by atomic mass is 32.2. The van der Waals surface area contributed by atoms with Crippen LogP contribution in [0.1, 0.15) is 22.9 Å². The first-order valence-corrected chi connectivity index (χ1v) is 11.3. The van der Waals surface area contributed by atoms with E-state index in [1.54, 1.807) is 38.6 Å². The normalized spacial score (nSPS) is 17.5. The first kappa shape index (κ1) is 21.4. The minimum absolute atomic E-state index is 0.189. The monoisotopic (exact) mass is 440 g/mol. The zero-order valence-corrected chi connectivity index (χ0v) is 18.5. The number of hydrogen-bond donors (Lipinski definition) is 0. The highest BCUT2D eigenvalue weighted by Crippen LogP contribution is 2.31. The SMILES string of the molecule is COc1cc(C)c(S(=O)(=O)N2CCO[C@@H](c3cccc(-c4cncnc4)n3)C2)cc1C. The summed E-state index contributed by atoms with van der Waals surface area (Å²) in [4.78, 5) is 13.0. The van der Waals surface area contributed by atoms with E-state index in [0.29, 0.717) is 29.3 Å². The number of aromatic nitrogens is 3. The van der Waals surface area contributed by atoms with Crippen molar-refractivity contribution in [3.63, 3.8) is 0 Å². The van der Waals surface area contributed by atoms with Crippen LogP contribution in [0.4, 0.5) is 0 Å². The van der Waals surface area contributed by atoms with Crippen LogP contribution in [0.2, 0.25) is 0 Å². The predicted octanol–water partition coefficient (Wildman–Crippen LogP) is 2.93. The van der Waals surface area contributed by atoms with Gasteiger partial charge < -0.3 is 9.47 Å². The number of pyridine rings is 1. The fraction of sp³-hybridized carbons (Fsp3) is 0.318. The summed E-state index contributed by atoms with van der Waals surface area (Å²) in [5.74, 6) is 0.669. The molecule has 9 heteroatoms. The predicted molar refractivity (Wildman–Crippen MR) is 115 cm³/mol. The van der Waals surface area contributed by atoms with Gasteiger partial charge in [0.15, 0.2) is 0 Å². The molecular formula is C22H24N4O4S. The molecule has 1 aromatic carbocycles. The minimum Gasteiger partial charge on any atom is -0.496 e. The van der Waals surface area contributed by atoms with E-state index >= 15 is 0 Å². The molecule has 0 unspecified atom stereocenters. The van der Waals surface area contributed by atoms with Crippen molar-refractivity contribution in [2.75, 3.05) is 26.8 Å². The van der Waals surface area contributed by atoms with Gasteiger partial charge in [-0.2, -0.15) is 4.31 Å². The largest absolute Gasteiger partial charge is 0.496 e. The Morgan fingerprint density at radius 1 is 1.13 bits per heavy atom. The highest BCUT2D eigenvalue weighted by molar-refractivity contribution is 7.89. The molecule has 162 valence electrons. The van der Waals surface area contributed by atoms with E-state index in [1.807, 2.05) is 25.1 Å². The van der Waals surface area contributed by atoms with Crippen LogP contribution in [0.3, 0.4) is 0 Å². The topological polar surface area (TPSA) is 94.5 Å². The number of benzene rings is 1. The Bertz CT molecular complexity index is 1190. The van der Waals surface area contributed by atoms with Crippen LogP contribution in [0.15, 0.2) is 53.9 Å². The van der Waals surface area contributed by atoms with Crippen molar-refractivity contribution in [2.24, 2.45) is 0 Å². The summed E-state index contributed by atoms with van der Waals surface area (Å²) in [6.07, 6.45) is 4.37.